The number of thiophene rings is 1. The van der Waals surface area contributed by atoms with Crippen LogP contribution < -0.4 is 10.6 Å². The van der Waals surface area contributed by atoms with Crippen LogP contribution in [-0.4, -0.2) is 50.3 Å². The number of methoxy groups -OCH3 is 1. The van der Waals surface area contributed by atoms with Gasteiger partial charge in [0.15, 0.2) is 0 Å². The number of benzene rings is 1. The number of anilines is 1. The molecule has 1 amide bonds. The van der Waals surface area contributed by atoms with Crippen LogP contribution in [0.25, 0.3) is 0 Å². The average Bonchev–Trinajstić information content (AvgIpc) is 3.41. The third-order valence-electron chi connectivity index (χ3n) is 6.28. The van der Waals surface area contributed by atoms with E-state index < -0.39 is 21.9 Å². The Balaban J connectivity index is 1.64. The van der Waals surface area contributed by atoms with E-state index in [2.05, 4.69) is 38.3 Å². The maximum atomic E-state index is 13.1. The molecule has 8 nitrogen and oxygen atoms in total. The van der Waals surface area contributed by atoms with Crippen molar-refractivity contribution < 1.29 is 22.7 Å². The Kier molecular flexibility index (Phi) is 6.39. The Morgan fingerprint density at radius 3 is 2.29 bits per heavy atom. The standard InChI is InChI=1S/C24H31N3O5S2/c1-23(2)14-17-18(22(29)32-5)21(33-19(17)24(3,4)26-23)25-20(28)15-8-10-16(11-9-15)34(30,31)27-12-6-7-13-27/h8-11,26H,6-7,12-14H2,1-5H3,(H,25,28). The zero-order valence-electron chi connectivity index (χ0n) is 20.1. The topological polar surface area (TPSA) is 105 Å². The minimum Gasteiger partial charge on any atom is -0.465 e. The smallest absolute Gasteiger partial charge is 0.341 e. The third kappa shape index (κ3) is 4.51. The van der Waals surface area contributed by atoms with Gasteiger partial charge in [0.2, 0.25) is 10.0 Å². The van der Waals surface area contributed by atoms with E-state index in [9.17, 15) is 18.0 Å². The summed E-state index contributed by atoms with van der Waals surface area (Å²) in [5, 5.41) is 6.90. The van der Waals surface area contributed by atoms with Crippen LogP contribution in [0, 0.1) is 0 Å². The van der Waals surface area contributed by atoms with Crippen LogP contribution >= 0.6 is 11.3 Å². The number of hydrogen-bond donors (Lipinski definition) is 2. The van der Waals surface area contributed by atoms with Gasteiger partial charge in [-0.1, -0.05) is 0 Å². The average molecular weight is 506 g/mol. The van der Waals surface area contributed by atoms with Gasteiger partial charge in [-0.15, -0.1) is 11.3 Å². The van der Waals surface area contributed by atoms with E-state index in [-0.39, 0.29) is 16.0 Å². The summed E-state index contributed by atoms with van der Waals surface area (Å²) < 4.78 is 32.0. The van der Waals surface area contributed by atoms with Crippen molar-refractivity contribution in [3.05, 3.63) is 45.8 Å². The summed E-state index contributed by atoms with van der Waals surface area (Å²) in [6.07, 6.45) is 2.33. The van der Waals surface area contributed by atoms with Gasteiger partial charge < -0.3 is 15.4 Å². The van der Waals surface area contributed by atoms with E-state index in [0.717, 1.165) is 23.3 Å². The van der Waals surface area contributed by atoms with Crippen LogP contribution in [0.3, 0.4) is 0 Å². The number of esters is 1. The quantitative estimate of drug-likeness (QED) is 0.600. The number of rotatable bonds is 5. The fourth-order valence-electron chi connectivity index (χ4n) is 4.96. The summed E-state index contributed by atoms with van der Waals surface area (Å²) in [4.78, 5) is 26.9. The van der Waals surface area contributed by atoms with Crippen LogP contribution in [0.1, 0.15) is 71.7 Å². The van der Waals surface area contributed by atoms with Gasteiger partial charge in [-0.05, 0) is 76.8 Å². The molecule has 0 radical (unpaired) electrons. The molecule has 0 spiro atoms. The lowest BCUT2D eigenvalue weighted by Crippen LogP contribution is -2.55. The highest BCUT2D eigenvalue weighted by Crippen LogP contribution is 2.45. The van der Waals surface area contributed by atoms with E-state index in [1.54, 1.807) is 0 Å². The highest BCUT2D eigenvalue weighted by Gasteiger charge is 2.42. The summed E-state index contributed by atoms with van der Waals surface area (Å²) in [5.74, 6) is -0.910. The van der Waals surface area contributed by atoms with E-state index in [1.165, 1.54) is 47.0 Å². The molecule has 0 atom stereocenters. The fraction of sp³-hybridized carbons (Fsp3) is 0.500. The van der Waals surface area contributed by atoms with Crippen molar-refractivity contribution in [2.45, 2.75) is 62.9 Å². The molecular weight excluding hydrogens is 474 g/mol. The molecule has 0 bridgehead atoms. The van der Waals surface area contributed by atoms with Crippen LogP contribution in [0.15, 0.2) is 29.2 Å². The Morgan fingerprint density at radius 1 is 1.09 bits per heavy atom. The molecule has 3 heterocycles. The van der Waals surface area contributed by atoms with Crippen molar-refractivity contribution in [2.24, 2.45) is 0 Å². The molecule has 2 N–H and O–H groups in total. The molecule has 184 valence electrons. The van der Waals surface area contributed by atoms with Gasteiger partial charge in [-0.3, -0.25) is 4.79 Å². The number of fused-ring (bicyclic) bond motifs is 1. The molecule has 4 rings (SSSR count). The maximum Gasteiger partial charge on any atom is 0.341 e. The first kappa shape index (κ1) is 24.8. The van der Waals surface area contributed by atoms with Gasteiger partial charge >= 0.3 is 5.97 Å². The van der Waals surface area contributed by atoms with E-state index >= 15 is 0 Å². The molecule has 1 aromatic heterocycles. The summed E-state index contributed by atoms with van der Waals surface area (Å²) in [6, 6.07) is 5.91. The molecule has 0 unspecified atom stereocenters. The number of nitrogens with zero attached hydrogens (tertiary/aromatic N) is 1. The summed E-state index contributed by atoms with van der Waals surface area (Å²) in [5.41, 5.74) is 0.942. The minimum absolute atomic E-state index is 0.169. The lowest BCUT2D eigenvalue weighted by molar-refractivity contribution is 0.0600. The molecule has 2 aliphatic rings. The van der Waals surface area contributed by atoms with Crippen LogP contribution in [-0.2, 0) is 26.7 Å². The Hall–Kier alpha value is -2.27. The number of hydrogen-bond acceptors (Lipinski definition) is 7. The van der Waals surface area contributed by atoms with Gasteiger partial charge in [0.1, 0.15) is 5.00 Å². The van der Waals surface area contributed by atoms with Crippen molar-refractivity contribution in [1.29, 1.82) is 0 Å². The lowest BCUT2D eigenvalue weighted by Gasteiger charge is -2.42. The van der Waals surface area contributed by atoms with Crippen LogP contribution in [0.2, 0.25) is 0 Å². The second-order valence-corrected chi connectivity index (χ2v) is 13.0. The molecule has 0 aliphatic carbocycles. The van der Waals surface area contributed by atoms with Crippen molar-refractivity contribution in [3.8, 4) is 0 Å². The number of ether oxygens (including phenoxy) is 1. The van der Waals surface area contributed by atoms with Gasteiger partial charge in [-0.25, -0.2) is 13.2 Å². The van der Waals surface area contributed by atoms with Gasteiger partial charge in [0.05, 0.1) is 17.6 Å². The lowest BCUT2D eigenvalue weighted by atomic mass is 9.81. The molecule has 10 heteroatoms. The Labute approximate surface area is 204 Å². The first-order chi connectivity index (χ1) is 15.9. The largest absolute Gasteiger partial charge is 0.465 e. The van der Waals surface area contributed by atoms with Crippen molar-refractivity contribution in [2.75, 3.05) is 25.5 Å². The monoisotopic (exact) mass is 505 g/mol. The zero-order valence-corrected chi connectivity index (χ0v) is 21.8. The summed E-state index contributed by atoms with van der Waals surface area (Å²) in [6.45, 7) is 9.29. The van der Waals surface area contributed by atoms with Crippen molar-refractivity contribution in [3.63, 3.8) is 0 Å². The predicted octanol–water partition coefficient (Wildman–Crippen LogP) is 3.73. The van der Waals surface area contributed by atoms with Crippen molar-refractivity contribution in [1.82, 2.24) is 9.62 Å². The molecule has 2 aromatic rings. The predicted molar refractivity (Wildman–Crippen MR) is 132 cm³/mol. The van der Waals surface area contributed by atoms with E-state index in [1.807, 2.05) is 0 Å². The number of sulfonamides is 1. The van der Waals surface area contributed by atoms with Gasteiger partial charge in [0.25, 0.3) is 5.91 Å². The minimum atomic E-state index is -3.55. The van der Waals surface area contributed by atoms with Crippen molar-refractivity contribution >= 4 is 38.2 Å². The second-order valence-electron chi connectivity index (χ2n) is 10.0. The van der Waals surface area contributed by atoms with Crippen LogP contribution in [0.4, 0.5) is 5.00 Å². The molecule has 1 fully saturated rings. The Morgan fingerprint density at radius 2 is 1.71 bits per heavy atom. The van der Waals surface area contributed by atoms with E-state index in [4.69, 9.17) is 4.74 Å². The second kappa shape index (κ2) is 8.75. The first-order valence-corrected chi connectivity index (χ1v) is 13.6. The molecule has 0 saturated carbocycles. The molecule has 1 aromatic carbocycles. The number of amides is 1. The summed E-state index contributed by atoms with van der Waals surface area (Å²) in [7, 11) is -2.22. The third-order valence-corrected chi connectivity index (χ3v) is 9.66. The number of nitrogens with one attached hydrogen (secondary N) is 2. The van der Waals surface area contributed by atoms with Gasteiger partial charge in [-0.2, -0.15) is 4.31 Å². The molecule has 2 aliphatic heterocycles. The zero-order chi connectivity index (χ0) is 24.9. The van der Waals surface area contributed by atoms with E-state index in [0.29, 0.717) is 35.6 Å². The van der Waals surface area contributed by atoms with Crippen LogP contribution in [0.5, 0.6) is 0 Å². The van der Waals surface area contributed by atoms with Gasteiger partial charge in [0, 0.05) is 34.6 Å². The highest BCUT2D eigenvalue weighted by atomic mass is 32.2. The highest BCUT2D eigenvalue weighted by molar-refractivity contribution is 7.89. The summed E-state index contributed by atoms with van der Waals surface area (Å²) >= 11 is 1.36. The maximum absolute atomic E-state index is 13.1. The molecule has 1 saturated heterocycles. The normalized spacial score (nSPS) is 19.4. The molecule has 34 heavy (non-hydrogen) atoms. The fourth-order valence-corrected chi connectivity index (χ4v) is 7.74. The number of carbonyl (C=O) groups excluding carboxylic acids is 2. The Bertz CT molecular complexity index is 1220. The molecular formula is C24H31N3O5S2. The number of carbonyl (C=O) groups is 2. The first-order valence-electron chi connectivity index (χ1n) is 11.3. The SMILES string of the molecule is COC(=O)c1c(NC(=O)c2ccc(S(=O)(=O)N3CCCC3)cc2)sc2c1CC(C)(C)NC2(C)C.